The fourth-order valence-electron chi connectivity index (χ4n) is 4.79. The topological polar surface area (TPSA) is 67.4 Å². The van der Waals surface area contributed by atoms with Crippen LogP contribution in [0.5, 0.6) is 0 Å². The molecule has 1 amide bonds. The first-order valence-corrected chi connectivity index (χ1v) is 11.8. The lowest BCUT2D eigenvalue weighted by atomic mass is 10.0. The zero-order valence-corrected chi connectivity index (χ0v) is 19.1. The second-order valence-electron chi connectivity index (χ2n) is 9.05. The van der Waals surface area contributed by atoms with E-state index in [-0.39, 0.29) is 25.0 Å². The van der Waals surface area contributed by atoms with Gasteiger partial charge in [-0.1, -0.05) is 30.3 Å². The van der Waals surface area contributed by atoms with Gasteiger partial charge in [-0.2, -0.15) is 0 Å². The van der Waals surface area contributed by atoms with Crippen LogP contribution >= 0.6 is 0 Å². The summed E-state index contributed by atoms with van der Waals surface area (Å²) in [4.78, 5) is 24.0. The van der Waals surface area contributed by atoms with Gasteiger partial charge in [0.15, 0.2) is 5.82 Å². The molecule has 2 aliphatic rings. The van der Waals surface area contributed by atoms with Crippen molar-refractivity contribution in [2.24, 2.45) is 0 Å². The Hall–Kier alpha value is -3.13. The molecule has 0 aliphatic carbocycles. The van der Waals surface area contributed by atoms with Crippen molar-refractivity contribution in [3.05, 3.63) is 53.6 Å². The van der Waals surface area contributed by atoms with Crippen molar-refractivity contribution in [2.45, 2.75) is 51.2 Å². The van der Waals surface area contributed by atoms with Gasteiger partial charge in [-0.25, -0.2) is 18.7 Å². The maximum absolute atomic E-state index is 13.7. The maximum Gasteiger partial charge on any atom is 0.264 e. The first-order chi connectivity index (χ1) is 16.5. The number of halogens is 2. The highest BCUT2D eigenvalue weighted by Crippen LogP contribution is 2.34. The zero-order chi connectivity index (χ0) is 23.7. The summed E-state index contributed by atoms with van der Waals surface area (Å²) >= 11 is 0. The van der Waals surface area contributed by atoms with Crippen LogP contribution in [0.2, 0.25) is 0 Å². The van der Waals surface area contributed by atoms with E-state index in [0.29, 0.717) is 31.1 Å². The number of benzene rings is 2. The monoisotopic (exact) mass is 468 g/mol. The van der Waals surface area contributed by atoms with Gasteiger partial charge >= 0.3 is 0 Å². The number of aryl methyl sites for hydroxylation is 1. The first kappa shape index (κ1) is 22.7. The lowest BCUT2D eigenvalue weighted by Crippen LogP contribution is -2.47. The van der Waals surface area contributed by atoms with Crippen LogP contribution in [0.1, 0.15) is 44.7 Å². The van der Waals surface area contributed by atoms with Crippen LogP contribution in [0.25, 0.3) is 22.3 Å². The molecule has 3 aromatic rings. The molecule has 1 aromatic heterocycles. The molecule has 0 radical (unpaired) electrons. The first-order valence-electron chi connectivity index (χ1n) is 11.8. The molecule has 0 unspecified atom stereocenters. The van der Waals surface area contributed by atoms with Crippen LogP contribution in [0.4, 0.5) is 14.6 Å². The predicted octanol–water partition coefficient (Wildman–Crippen LogP) is 5.05. The Morgan fingerprint density at radius 1 is 1.15 bits per heavy atom. The fourth-order valence-corrected chi connectivity index (χ4v) is 4.79. The number of anilines is 1. The molecule has 2 fully saturated rings. The number of hydrogen-bond donors (Lipinski definition) is 1. The van der Waals surface area contributed by atoms with Crippen LogP contribution < -0.4 is 10.2 Å². The molecule has 1 atom stereocenters. The summed E-state index contributed by atoms with van der Waals surface area (Å²) in [6.45, 7) is 4.03. The molecule has 0 bridgehead atoms. The van der Waals surface area contributed by atoms with Crippen molar-refractivity contribution in [2.75, 3.05) is 24.6 Å². The van der Waals surface area contributed by atoms with Crippen molar-refractivity contribution in [1.82, 2.24) is 15.3 Å². The van der Waals surface area contributed by atoms with Crippen LogP contribution in [0.15, 0.2) is 42.5 Å². The second-order valence-corrected chi connectivity index (χ2v) is 9.05. The number of carbonyl (C=O) groups is 1. The van der Waals surface area contributed by atoms with Gasteiger partial charge < -0.3 is 15.0 Å². The van der Waals surface area contributed by atoms with E-state index in [9.17, 15) is 13.6 Å². The Labute approximate surface area is 198 Å². The Morgan fingerprint density at radius 2 is 1.94 bits per heavy atom. The molecule has 1 N–H and O–H groups in total. The number of amides is 1. The van der Waals surface area contributed by atoms with E-state index in [1.165, 1.54) is 6.07 Å². The SMILES string of the molecule is Cc1ccc2c(N3CCC(NC(=O)[C@@H]4CCCO4)CC3)nc(-c3ccccc3C(F)F)nc2c1.[HH]. The van der Waals surface area contributed by atoms with E-state index in [1.807, 2.05) is 25.1 Å². The molecule has 2 saturated heterocycles. The molecule has 6 nitrogen and oxygen atoms in total. The van der Waals surface area contributed by atoms with E-state index in [4.69, 9.17) is 9.72 Å². The lowest BCUT2D eigenvalue weighted by molar-refractivity contribution is -0.130. The normalized spacial score (nSPS) is 19.2. The summed E-state index contributed by atoms with van der Waals surface area (Å²) in [5, 5.41) is 4.02. The Bertz CT molecular complexity index is 1200. The number of fused-ring (bicyclic) bond motifs is 1. The van der Waals surface area contributed by atoms with Crippen molar-refractivity contribution in [3.8, 4) is 11.4 Å². The standard InChI is InChI=1S/C26H28F2N4O2.H2/c1-16-8-9-20-21(15-16)30-24(19-6-3-2-5-18(19)23(27)28)31-25(20)32-12-10-17(11-13-32)29-26(33)22-7-4-14-34-22;/h2-3,5-6,8-9,15,17,22-23H,4,7,10-14H2,1H3,(H,29,33);1H/t22-;/m0./s1. The minimum atomic E-state index is -2.61. The van der Waals surface area contributed by atoms with Gasteiger partial charge in [0.25, 0.3) is 6.43 Å². The van der Waals surface area contributed by atoms with Crippen molar-refractivity contribution in [1.29, 1.82) is 0 Å². The number of nitrogens with one attached hydrogen (secondary N) is 1. The summed E-state index contributed by atoms with van der Waals surface area (Å²) in [5.41, 5.74) is 2.05. The van der Waals surface area contributed by atoms with E-state index in [0.717, 1.165) is 48.0 Å². The van der Waals surface area contributed by atoms with Crippen molar-refractivity contribution < 1.29 is 19.7 Å². The van der Waals surface area contributed by atoms with Gasteiger partial charge in [-0.3, -0.25) is 4.79 Å². The maximum atomic E-state index is 13.7. The summed E-state index contributed by atoms with van der Waals surface area (Å²) < 4.78 is 32.9. The van der Waals surface area contributed by atoms with E-state index >= 15 is 0 Å². The number of nitrogens with zero attached hydrogens (tertiary/aromatic N) is 3. The fraction of sp³-hybridized carbons (Fsp3) is 0.423. The van der Waals surface area contributed by atoms with Crippen molar-refractivity contribution >= 4 is 22.6 Å². The molecular weight excluding hydrogens is 438 g/mol. The minimum absolute atomic E-state index is 0. The van der Waals surface area contributed by atoms with Crippen LogP contribution in [-0.2, 0) is 9.53 Å². The van der Waals surface area contributed by atoms with Gasteiger partial charge in [0, 0.05) is 43.7 Å². The van der Waals surface area contributed by atoms with Crippen molar-refractivity contribution in [3.63, 3.8) is 0 Å². The van der Waals surface area contributed by atoms with Gasteiger partial charge in [0.2, 0.25) is 5.91 Å². The van der Waals surface area contributed by atoms with Crippen LogP contribution in [0.3, 0.4) is 0 Å². The average Bonchev–Trinajstić information content (AvgIpc) is 3.39. The van der Waals surface area contributed by atoms with Gasteiger partial charge in [0.05, 0.1) is 5.52 Å². The highest BCUT2D eigenvalue weighted by atomic mass is 19.3. The lowest BCUT2D eigenvalue weighted by Gasteiger charge is -2.34. The molecule has 8 heteroatoms. The van der Waals surface area contributed by atoms with Gasteiger partial charge in [-0.05, 0) is 50.3 Å². The predicted molar refractivity (Wildman–Crippen MR) is 129 cm³/mol. The molecule has 5 rings (SSSR count). The van der Waals surface area contributed by atoms with E-state index in [1.54, 1.807) is 18.2 Å². The molecule has 180 valence electrons. The number of ether oxygens (including phenoxy) is 1. The minimum Gasteiger partial charge on any atom is -0.368 e. The molecule has 0 spiro atoms. The third kappa shape index (κ3) is 4.59. The molecule has 2 aromatic carbocycles. The summed E-state index contributed by atoms with van der Waals surface area (Å²) in [5.74, 6) is 1.02. The number of piperidine rings is 1. The molecule has 0 saturated carbocycles. The van der Waals surface area contributed by atoms with E-state index in [2.05, 4.69) is 15.2 Å². The average molecular weight is 469 g/mol. The smallest absolute Gasteiger partial charge is 0.264 e. The number of carbonyl (C=O) groups excluding carboxylic acids is 1. The van der Waals surface area contributed by atoms with Gasteiger partial charge in [0.1, 0.15) is 11.9 Å². The van der Waals surface area contributed by atoms with Crippen LogP contribution in [0, 0.1) is 6.92 Å². The number of alkyl halides is 2. The number of hydrogen-bond acceptors (Lipinski definition) is 5. The van der Waals surface area contributed by atoms with E-state index < -0.39 is 6.43 Å². The number of aromatic nitrogens is 2. The molecular formula is C26H30F2N4O2. The largest absolute Gasteiger partial charge is 0.368 e. The third-order valence-electron chi connectivity index (χ3n) is 6.63. The summed E-state index contributed by atoms with van der Waals surface area (Å²) in [6.07, 6.45) is 0.315. The zero-order valence-electron chi connectivity index (χ0n) is 19.1. The summed E-state index contributed by atoms with van der Waals surface area (Å²) in [7, 11) is 0. The quantitative estimate of drug-likeness (QED) is 0.567. The Morgan fingerprint density at radius 3 is 2.68 bits per heavy atom. The molecule has 34 heavy (non-hydrogen) atoms. The Balaban J connectivity index is 0.00000289. The second kappa shape index (κ2) is 9.62. The molecule has 3 heterocycles. The third-order valence-corrected chi connectivity index (χ3v) is 6.63. The number of rotatable bonds is 5. The highest BCUT2D eigenvalue weighted by Gasteiger charge is 2.28. The van der Waals surface area contributed by atoms with Crippen LogP contribution in [-0.4, -0.2) is 47.7 Å². The Kier molecular flexibility index (Phi) is 6.41. The van der Waals surface area contributed by atoms with Gasteiger partial charge in [-0.15, -0.1) is 0 Å². The summed E-state index contributed by atoms with van der Waals surface area (Å²) in [6, 6.07) is 12.5. The molecule has 2 aliphatic heterocycles. The highest BCUT2D eigenvalue weighted by molar-refractivity contribution is 5.91.